The van der Waals surface area contributed by atoms with Gasteiger partial charge in [0.05, 0.1) is 5.02 Å². The number of hydrogen-bond acceptors (Lipinski definition) is 2. The third-order valence-electron chi connectivity index (χ3n) is 3.60. The number of hydrogen-bond donors (Lipinski definition) is 1. The molecule has 1 N–H and O–H groups in total. The monoisotopic (exact) mass is 345 g/mol. The molecule has 0 radical (unpaired) electrons. The van der Waals surface area contributed by atoms with E-state index in [2.05, 4.69) is 5.32 Å². The first-order valence-electron chi connectivity index (χ1n) is 6.72. The zero-order valence-corrected chi connectivity index (χ0v) is 13.1. The predicted octanol–water partition coefficient (Wildman–Crippen LogP) is 4.38. The molecule has 6 heteroatoms. The van der Waals surface area contributed by atoms with E-state index < -0.39 is 17.7 Å². The van der Waals surface area contributed by atoms with Crippen molar-refractivity contribution >= 4 is 24.0 Å². The van der Waals surface area contributed by atoms with Crippen LogP contribution >= 0.6 is 24.0 Å². The minimum atomic E-state index is -0.497. The van der Waals surface area contributed by atoms with Gasteiger partial charge in [0.2, 0.25) is 0 Å². The summed E-state index contributed by atoms with van der Waals surface area (Å²) < 4.78 is 33.2. The first kappa shape index (κ1) is 17.0. The van der Waals surface area contributed by atoms with E-state index in [-0.39, 0.29) is 29.1 Å². The molecular formula is C16H15Cl2F2NO. The van der Waals surface area contributed by atoms with E-state index in [1.807, 2.05) is 0 Å². The molecule has 0 spiro atoms. The lowest BCUT2D eigenvalue weighted by molar-refractivity contribution is 0.0948. The van der Waals surface area contributed by atoms with Gasteiger partial charge < -0.3 is 10.1 Å². The lowest BCUT2D eigenvalue weighted by Gasteiger charge is -2.35. The van der Waals surface area contributed by atoms with E-state index >= 15 is 0 Å². The van der Waals surface area contributed by atoms with Crippen LogP contribution in [-0.2, 0) is 0 Å². The van der Waals surface area contributed by atoms with Gasteiger partial charge >= 0.3 is 0 Å². The molecule has 22 heavy (non-hydrogen) atoms. The lowest BCUT2D eigenvalue weighted by atomic mass is 9.90. The summed E-state index contributed by atoms with van der Waals surface area (Å²) in [6, 6.07) is 10.8. The molecule has 0 saturated carbocycles. The van der Waals surface area contributed by atoms with E-state index in [0.29, 0.717) is 5.56 Å². The van der Waals surface area contributed by atoms with Gasteiger partial charge in [-0.25, -0.2) is 8.78 Å². The summed E-state index contributed by atoms with van der Waals surface area (Å²) in [5.74, 6) is -0.581. The Morgan fingerprint density at radius 2 is 1.82 bits per heavy atom. The van der Waals surface area contributed by atoms with Crippen molar-refractivity contribution in [3.63, 3.8) is 0 Å². The molecule has 0 bridgehead atoms. The van der Waals surface area contributed by atoms with Gasteiger partial charge in [-0.05, 0) is 29.8 Å². The van der Waals surface area contributed by atoms with Crippen LogP contribution in [0.1, 0.15) is 11.7 Å². The molecular weight excluding hydrogens is 331 g/mol. The smallest absolute Gasteiger partial charge is 0.165 e. The van der Waals surface area contributed by atoms with Gasteiger partial charge in [0.25, 0.3) is 0 Å². The largest absolute Gasteiger partial charge is 0.482 e. The highest BCUT2D eigenvalue weighted by molar-refractivity contribution is 6.30. The second-order valence-electron chi connectivity index (χ2n) is 5.06. The Kier molecular flexibility index (Phi) is 5.62. The molecule has 0 amide bonds. The van der Waals surface area contributed by atoms with E-state index in [1.165, 1.54) is 18.2 Å². The van der Waals surface area contributed by atoms with Crippen molar-refractivity contribution in [2.45, 2.75) is 6.10 Å². The summed E-state index contributed by atoms with van der Waals surface area (Å²) >= 11 is 5.71. The van der Waals surface area contributed by atoms with E-state index in [9.17, 15) is 8.78 Å². The fourth-order valence-corrected chi connectivity index (χ4v) is 2.45. The summed E-state index contributed by atoms with van der Waals surface area (Å²) in [6.45, 7) is 1.51. The minimum Gasteiger partial charge on any atom is -0.482 e. The summed E-state index contributed by atoms with van der Waals surface area (Å²) in [5, 5.41) is 3.21. The van der Waals surface area contributed by atoms with Crippen LogP contribution in [0.4, 0.5) is 8.78 Å². The zero-order valence-electron chi connectivity index (χ0n) is 11.6. The van der Waals surface area contributed by atoms with Crippen LogP contribution in [0.25, 0.3) is 0 Å². The summed E-state index contributed by atoms with van der Waals surface area (Å²) in [4.78, 5) is 0. The average Bonchev–Trinajstić information content (AvgIpc) is 2.41. The third-order valence-corrected chi connectivity index (χ3v) is 3.91. The molecule has 1 saturated heterocycles. The van der Waals surface area contributed by atoms with Gasteiger partial charge in [-0.1, -0.05) is 29.8 Å². The molecule has 2 aromatic rings. The topological polar surface area (TPSA) is 21.3 Å². The highest BCUT2D eigenvalue weighted by Crippen LogP contribution is 2.33. The average molecular weight is 346 g/mol. The van der Waals surface area contributed by atoms with E-state index in [4.69, 9.17) is 16.3 Å². The van der Waals surface area contributed by atoms with Crippen molar-refractivity contribution in [1.82, 2.24) is 5.32 Å². The summed E-state index contributed by atoms with van der Waals surface area (Å²) in [7, 11) is 0. The number of para-hydroxylation sites is 1. The fraction of sp³-hybridized carbons (Fsp3) is 0.250. The molecule has 0 aliphatic carbocycles. The predicted molar refractivity (Wildman–Crippen MR) is 84.8 cm³/mol. The summed E-state index contributed by atoms with van der Waals surface area (Å²) in [6.07, 6.45) is -0.407. The van der Waals surface area contributed by atoms with Crippen molar-refractivity contribution in [3.8, 4) is 5.75 Å². The van der Waals surface area contributed by atoms with Crippen LogP contribution in [0.5, 0.6) is 5.75 Å². The normalized spacial score (nSPS) is 15.6. The Hall–Kier alpha value is -1.36. The second kappa shape index (κ2) is 7.27. The van der Waals surface area contributed by atoms with Crippen LogP contribution < -0.4 is 10.1 Å². The standard InChI is InChI=1S/C16H14ClF2NO.ClH/c17-12-6-5-10(7-14(12)19)16(11-8-20-9-11)21-15-4-2-1-3-13(15)18;/h1-7,11,16,20H,8-9H2;1H. The van der Waals surface area contributed by atoms with Crippen molar-refractivity contribution in [2.24, 2.45) is 5.92 Å². The van der Waals surface area contributed by atoms with Gasteiger partial charge in [0.15, 0.2) is 11.6 Å². The molecule has 3 rings (SSSR count). The minimum absolute atomic E-state index is 0. The first-order chi connectivity index (χ1) is 10.1. The van der Waals surface area contributed by atoms with Gasteiger partial charge in [0.1, 0.15) is 11.9 Å². The Morgan fingerprint density at radius 3 is 2.41 bits per heavy atom. The molecule has 1 aliphatic rings. The Labute approximate surface area is 138 Å². The van der Waals surface area contributed by atoms with Crippen molar-refractivity contribution in [1.29, 1.82) is 0 Å². The quantitative estimate of drug-likeness (QED) is 0.887. The number of rotatable bonds is 4. The van der Waals surface area contributed by atoms with Crippen molar-refractivity contribution in [3.05, 3.63) is 64.7 Å². The molecule has 0 aromatic heterocycles. The SMILES string of the molecule is Cl.Fc1cc(C(Oc2ccccc2F)C2CNC2)ccc1Cl. The maximum Gasteiger partial charge on any atom is 0.165 e. The van der Waals surface area contributed by atoms with E-state index in [0.717, 1.165) is 13.1 Å². The Morgan fingerprint density at radius 1 is 1.09 bits per heavy atom. The molecule has 1 unspecified atom stereocenters. The molecule has 1 fully saturated rings. The van der Waals surface area contributed by atoms with Crippen LogP contribution in [-0.4, -0.2) is 13.1 Å². The molecule has 2 nitrogen and oxygen atoms in total. The fourth-order valence-electron chi connectivity index (χ4n) is 2.33. The molecule has 2 aromatic carbocycles. The molecule has 1 heterocycles. The maximum absolute atomic E-state index is 13.8. The van der Waals surface area contributed by atoms with Gasteiger partial charge in [0, 0.05) is 19.0 Å². The second-order valence-corrected chi connectivity index (χ2v) is 5.47. The van der Waals surface area contributed by atoms with Crippen molar-refractivity contribution in [2.75, 3.05) is 13.1 Å². The number of ether oxygens (including phenoxy) is 1. The van der Waals surface area contributed by atoms with Crippen molar-refractivity contribution < 1.29 is 13.5 Å². The van der Waals surface area contributed by atoms with Crippen LogP contribution in [0, 0.1) is 17.6 Å². The molecule has 1 aliphatic heterocycles. The highest BCUT2D eigenvalue weighted by Gasteiger charge is 2.31. The van der Waals surface area contributed by atoms with Gasteiger partial charge in [-0.3, -0.25) is 0 Å². The molecule has 1 atom stereocenters. The maximum atomic E-state index is 13.8. The Bertz CT molecular complexity index is 650. The highest BCUT2D eigenvalue weighted by atomic mass is 35.5. The zero-order chi connectivity index (χ0) is 14.8. The molecule has 118 valence electrons. The summed E-state index contributed by atoms with van der Waals surface area (Å²) in [5.41, 5.74) is 0.659. The van der Waals surface area contributed by atoms with Crippen LogP contribution in [0.2, 0.25) is 5.02 Å². The Balaban J connectivity index is 0.00000176. The van der Waals surface area contributed by atoms with Gasteiger partial charge in [-0.15, -0.1) is 12.4 Å². The van der Waals surface area contributed by atoms with E-state index in [1.54, 1.807) is 24.3 Å². The number of nitrogens with one attached hydrogen (secondary N) is 1. The van der Waals surface area contributed by atoms with Crippen LogP contribution in [0.15, 0.2) is 42.5 Å². The number of halogens is 4. The lowest BCUT2D eigenvalue weighted by Crippen LogP contribution is -2.46. The van der Waals surface area contributed by atoms with Crippen LogP contribution in [0.3, 0.4) is 0 Å². The number of benzene rings is 2. The first-order valence-corrected chi connectivity index (χ1v) is 7.10. The third kappa shape index (κ3) is 3.51. The van der Waals surface area contributed by atoms with Gasteiger partial charge in [-0.2, -0.15) is 0 Å².